The van der Waals surface area contributed by atoms with Crippen LogP contribution >= 0.6 is 11.3 Å². The third-order valence-corrected chi connectivity index (χ3v) is 4.59. The molecule has 0 radical (unpaired) electrons. The minimum atomic E-state index is 0.842. The Morgan fingerprint density at radius 3 is 2.65 bits per heavy atom. The highest BCUT2D eigenvalue weighted by molar-refractivity contribution is 7.09. The third kappa shape index (κ3) is 4.09. The van der Waals surface area contributed by atoms with Crippen LogP contribution < -0.4 is 5.32 Å². The summed E-state index contributed by atoms with van der Waals surface area (Å²) in [5, 5.41) is 5.67. The summed E-state index contributed by atoms with van der Waals surface area (Å²) in [5.74, 6) is 0. The molecule has 0 spiro atoms. The maximum Gasteiger partial charge on any atom is 0.0340 e. The molecule has 2 nitrogen and oxygen atoms in total. The van der Waals surface area contributed by atoms with Crippen LogP contribution in [-0.4, -0.2) is 24.0 Å². The lowest BCUT2D eigenvalue weighted by Gasteiger charge is -2.21. The number of anilines is 1. The third-order valence-electron chi connectivity index (χ3n) is 3.73. The highest BCUT2D eigenvalue weighted by atomic mass is 32.1. The molecule has 3 heteroatoms. The Labute approximate surface area is 125 Å². The molecular weight excluding hydrogens is 264 g/mol. The lowest BCUT2D eigenvalue weighted by Crippen LogP contribution is -2.27. The van der Waals surface area contributed by atoms with E-state index in [-0.39, 0.29) is 0 Å². The lowest BCUT2D eigenvalue weighted by molar-refractivity contribution is 0.256. The maximum absolute atomic E-state index is 3.49. The molecule has 0 aliphatic heterocycles. The summed E-state index contributed by atoms with van der Waals surface area (Å²) >= 11 is 1.88. The van der Waals surface area contributed by atoms with Crippen molar-refractivity contribution in [2.24, 2.45) is 0 Å². The first-order valence-electron chi connectivity index (χ1n) is 7.47. The topological polar surface area (TPSA) is 15.3 Å². The van der Waals surface area contributed by atoms with Crippen molar-refractivity contribution in [3.8, 4) is 0 Å². The van der Waals surface area contributed by atoms with Crippen molar-refractivity contribution in [1.29, 1.82) is 0 Å². The zero-order valence-corrected chi connectivity index (χ0v) is 12.6. The quantitative estimate of drug-likeness (QED) is 0.731. The second-order valence-corrected chi connectivity index (χ2v) is 6.46. The van der Waals surface area contributed by atoms with E-state index < -0.39 is 0 Å². The fraction of sp³-hybridized carbons (Fsp3) is 0.412. The summed E-state index contributed by atoms with van der Waals surface area (Å²) in [6, 6.07) is 15.7. The summed E-state index contributed by atoms with van der Waals surface area (Å²) in [5.41, 5.74) is 1.23. The van der Waals surface area contributed by atoms with Crippen LogP contribution in [0.1, 0.15) is 24.1 Å². The van der Waals surface area contributed by atoms with E-state index in [9.17, 15) is 0 Å². The number of rotatable bonds is 8. The van der Waals surface area contributed by atoms with E-state index >= 15 is 0 Å². The largest absolute Gasteiger partial charge is 0.385 e. The highest BCUT2D eigenvalue weighted by Gasteiger charge is 2.28. The molecule has 0 bridgehead atoms. The number of nitrogens with one attached hydrogen (secondary N) is 1. The van der Waals surface area contributed by atoms with Crippen molar-refractivity contribution in [1.82, 2.24) is 4.90 Å². The summed E-state index contributed by atoms with van der Waals surface area (Å²) in [6.07, 6.45) is 3.98. The van der Waals surface area contributed by atoms with Gasteiger partial charge in [0.15, 0.2) is 0 Å². The summed E-state index contributed by atoms with van der Waals surface area (Å²) in [6.45, 7) is 3.38. The van der Waals surface area contributed by atoms with Crippen LogP contribution in [0.5, 0.6) is 0 Å². The minimum absolute atomic E-state index is 0.842. The van der Waals surface area contributed by atoms with Gasteiger partial charge in [0.1, 0.15) is 0 Å². The van der Waals surface area contributed by atoms with E-state index in [1.54, 1.807) is 0 Å². The van der Waals surface area contributed by atoms with Gasteiger partial charge in [-0.05, 0) is 42.8 Å². The average Bonchev–Trinajstić information content (AvgIpc) is 3.21. The van der Waals surface area contributed by atoms with Gasteiger partial charge in [-0.2, -0.15) is 0 Å². The number of hydrogen-bond donors (Lipinski definition) is 1. The first-order valence-corrected chi connectivity index (χ1v) is 8.35. The Hall–Kier alpha value is -1.32. The van der Waals surface area contributed by atoms with Gasteiger partial charge in [-0.1, -0.05) is 24.3 Å². The van der Waals surface area contributed by atoms with Crippen LogP contribution in [0.3, 0.4) is 0 Å². The van der Waals surface area contributed by atoms with Crippen molar-refractivity contribution in [3.05, 3.63) is 52.7 Å². The standard InChI is InChI=1S/C17H22N2S/c1-2-6-15(7-3-1)18-11-5-12-19(16-9-10-16)14-17-8-4-13-20-17/h1-4,6-8,13,16,18H,5,9-12,14H2. The number of para-hydroxylation sites is 1. The Bertz CT molecular complexity index is 491. The maximum atomic E-state index is 3.49. The van der Waals surface area contributed by atoms with Crippen molar-refractivity contribution in [3.63, 3.8) is 0 Å². The molecule has 1 fully saturated rings. The van der Waals surface area contributed by atoms with E-state index in [4.69, 9.17) is 0 Å². The molecule has 1 N–H and O–H groups in total. The van der Waals surface area contributed by atoms with Gasteiger partial charge in [0.05, 0.1) is 0 Å². The first-order chi connectivity index (χ1) is 9.92. The molecule has 1 aromatic carbocycles. The summed E-state index contributed by atoms with van der Waals surface area (Å²) in [7, 11) is 0. The van der Waals surface area contributed by atoms with Crippen LogP contribution in [0.15, 0.2) is 47.8 Å². The molecule has 0 saturated heterocycles. The summed E-state index contributed by atoms with van der Waals surface area (Å²) in [4.78, 5) is 4.14. The van der Waals surface area contributed by atoms with E-state index in [1.165, 1.54) is 36.4 Å². The molecule has 1 aromatic heterocycles. The molecule has 3 rings (SSSR count). The average molecular weight is 286 g/mol. The Balaban J connectivity index is 1.41. The van der Waals surface area contributed by atoms with Crippen LogP contribution in [0.4, 0.5) is 5.69 Å². The van der Waals surface area contributed by atoms with Crippen LogP contribution in [0.25, 0.3) is 0 Å². The van der Waals surface area contributed by atoms with Gasteiger partial charge in [0.2, 0.25) is 0 Å². The fourth-order valence-electron chi connectivity index (χ4n) is 2.50. The molecule has 106 valence electrons. The van der Waals surface area contributed by atoms with Gasteiger partial charge in [-0.15, -0.1) is 11.3 Å². The van der Waals surface area contributed by atoms with Crippen molar-refractivity contribution in [2.75, 3.05) is 18.4 Å². The number of nitrogens with zero attached hydrogens (tertiary/aromatic N) is 1. The predicted octanol–water partition coefficient (Wildman–Crippen LogP) is 4.21. The molecule has 1 aliphatic rings. The number of thiophene rings is 1. The van der Waals surface area contributed by atoms with Crippen molar-refractivity contribution < 1.29 is 0 Å². The van der Waals surface area contributed by atoms with Gasteiger partial charge in [0.25, 0.3) is 0 Å². The molecule has 0 amide bonds. The monoisotopic (exact) mass is 286 g/mol. The normalized spacial score (nSPS) is 14.7. The van der Waals surface area contributed by atoms with E-state index in [0.717, 1.165) is 19.1 Å². The molecule has 1 saturated carbocycles. The molecular formula is C17H22N2S. The Morgan fingerprint density at radius 2 is 1.95 bits per heavy atom. The van der Waals surface area contributed by atoms with E-state index in [0.29, 0.717) is 0 Å². The number of benzene rings is 1. The molecule has 0 unspecified atom stereocenters. The van der Waals surface area contributed by atoms with Gasteiger partial charge >= 0.3 is 0 Å². The second kappa shape index (κ2) is 6.91. The van der Waals surface area contributed by atoms with Crippen LogP contribution in [0, 0.1) is 0 Å². The van der Waals surface area contributed by atoms with Crippen molar-refractivity contribution in [2.45, 2.75) is 31.8 Å². The molecule has 0 atom stereocenters. The fourth-order valence-corrected chi connectivity index (χ4v) is 3.23. The molecule has 1 aliphatic carbocycles. The SMILES string of the molecule is c1ccc(NCCCN(Cc2cccs2)C2CC2)cc1. The van der Waals surface area contributed by atoms with E-state index in [2.05, 4.69) is 58.1 Å². The smallest absolute Gasteiger partial charge is 0.0340 e. The molecule has 1 heterocycles. The highest BCUT2D eigenvalue weighted by Crippen LogP contribution is 2.29. The van der Waals surface area contributed by atoms with Crippen LogP contribution in [-0.2, 0) is 6.54 Å². The predicted molar refractivity (Wildman–Crippen MR) is 87.3 cm³/mol. The van der Waals surface area contributed by atoms with Gasteiger partial charge in [-0.3, -0.25) is 4.90 Å². The molecule has 20 heavy (non-hydrogen) atoms. The minimum Gasteiger partial charge on any atom is -0.385 e. The Morgan fingerprint density at radius 1 is 1.10 bits per heavy atom. The van der Waals surface area contributed by atoms with Crippen LogP contribution in [0.2, 0.25) is 0 Å². The lowest BCUT2D eigenvalue weighted by atomic mass is 10.3. The van der Waals surface area contributed by atoms with E-state index in [1.807, 2.05) is 11.3 Å². The first kappa shape index (κ1) is 13.7. The zero-order chi connectivity index (χ0) is 13.6. The molecule has 2 aromatic rings. The van der Waals surface area contributed by atoms with Gasteiger partial charge < -0.3 is 5.32 Å². The Kier molecular flexibility index (Phi) is 4.72. The number of hydrogen-bond acceptors (Lipinski definition) is 3. The van der Waals surface area contributed by atoms with Gasteiger partial charge in [0, 0.05) is 36.2 Å². The zero-order valence-electron chi connectivity index (χ0n) is 11.8. The van der Waals surface area contributed by atoms with Crippen molar-refractivity contribution >= 4 is 17.0 Å². The summed E-state index contributed by atoms with van der Waals surface area (Å²) < 4.78 is 0. The second-order valence-electron chi connectivity index (χ2n) is 5.43. The van der Waals surface area contributed by atoms with Gasteiger partial charge in [-0.25, -0.2) is 0 Å².